The van der Waals surface area contributed by atoms with Crippen molar-refractivity contribution < 1.29 is 14.6 Å². The molecule has 102 valence electrons. The fraction of sp³-hybridized carbons (Fsp3) is 0.385. The molecule has 1 aromatic heterocycles. The van der Waals surface area contributed by atoms with E-state index in [9.17, 15) is 9.90 Å². The summed E-state index contributed by atoms with van der Waals surface area (Å²) in [6, 6.07) is 7.51. The molecule has 19 heavy (non-hydrogen) atoms. The molecule has 0 saturated heterocycles. The second-order valence-electron chi connectivity index (χ2n) is 4.31. The number of nitrogens with zero attached hydrogens (tertiary/aromatic N) is 2. The molecule has 0 saturated carbocycles. The maximum Gasteiger partial charge on any atom is 0.272 e. The highest BCUT2D eigenvalue weighted by Gasteiger charge is 2.16. The lowest BCUT2D eigenvalue weighted by molar-refractivity contribution is 0.0609. The average Bonchev–Trinajstić information content (AvgIpc) is 2.75. The van der Waals surface area contributed by atoms with Crippen molar-refractivity contribution in [1.82, 2.24) is 15.1 Å². The van der Waals surface area contributed by atoms with Gasteiger partial charge in [0.2, 0.25) is 0 Å². The number of aliphatic hydroxyl groups is 1. The summed E-state index contributed by atoms with van der Waals surface area (Å²) in [5.41, 5.74) is 1.26. The highest BCUT2D eigenvalue weighted by atomic mass is 16.5. The number of benzene rings is 1. The van der Waals surface area contributed by atoms with Crippen LogP contribution in [0.1, 0.15) is 10.5 Å². The van der Waals surface area contributed by atoms with E-state index in [1.807, 2.05) is 24.3 Å². The predicted octanol–water partition coefficient (Wildman–Crippen LogP) is 0.310. The Hall–Kier alpha value is -1.92. The molecule has 1 unspecified atom stereocenters. The van der Waals surface area contributed by atoms with Gasteiger partial charge in [0.05, 0.1) is 18.2 Å². The quantitative estimate of drug-likeness (QED) is 0.814. The summed E-state index contributed by atoms with van der Waals surface area (Å²) in [5, 5.41) is 17.1. The summed E-state index contributed by atoms with van der Waals surface area (Å²) in [5.74, 6) is -0.299. The first-order valence-corrected chi connectivity index (χ1v) is 6.00. The Balaban J connectivity index is 2.13. The van der Waals surface area contributed by atoms with Gasteiger partial charge in [-0.1, -0.05) is 18.2 Å². The topological polar surface area (TPSA) is 76.4 Å². The van der Waals surface area contributed by atoms with Gasteiger partial charge < -0.3 is 15.2 Å². The van der Waals surface area contributed by atoms with E-state index in [0.717, 1.165) is 10.9 Å². The van der Waals surface area contributed by atoms with Gasteiger partial charge in [-0.05, 0) is 6.07 Å². The van der Waals surface area contributed by atoms with Gasteiger partial charge in [0.1, 0.15) is 0 Å². The molecule has 6 heteroatoms. The zero-order valence-electron chi connectivity index (χ0n) is 11.0. The van der Waals surface area contributed by atoms with Crippen LogP contribution in [0.3, 0.4) is 0 Å². The SMILES string of the molecule is COCC(O)CNC(=O)c1nn(C)c2ccccc12. The van der Waals surface area contributed by atoms with Crippen molar-refractivity contribution in [2.24, 2.45) is 7.05 Å². The Morgan fingerprint density at radius 3 is 3.00 bits per heavy atom. The molecule has 0 aliphatic heterocycles. The molecule has 0 aliphatic carbocycles. The minimum absolute atomic E-state index is 0.136. The van der Waals surface area contributed by atoms with Crippen LogP contribution in [0.15, 0.2) is 24.3 Å². The van der Waals surface area contributed by atoms with Crippen LogP contribution in [0, 0.1) is 0 Å². The number of ether oxygens (including phenoxy) is 1. The van der Waals surface area contributed by atoms with E-state index < -0.39 is 6.10 Å². The Morgan fingerprint density at radius 1 is 1.53 bits per heavy atom. The number of methoxy groups -OCH3 is 1. The molecule has 1 amide bonds. The van der Waals surface area contributed by atoms with Gasteiger partial charge in [-0.2, -0.15) is 5.10 Å². The first-order chi connectivity index (χ1) is 9.13. The van der Waals surface area contributed by atoms with Crippen LogP contribution in [0.5, 0.6) is 0 Å². The monoisotopic (exact) mass is 263 g/mol. The number of nitrogens with one attached hydrogen (secondary N) is 1. The molecular weight excluding hydrogens is 246 g/mol. The van der Waals surface area contributed by atoms with E-state index in [-0.39, 0.29) is 19.1 Å². The first-order valence-electron chi connectivity index (χ1n) is 6.00. The van der Waals surface area contributed by atoms with Gasteiger partial charge >= 0.3 is 0 Å². The fourth-order valence-electron chi connectivity index (χ4n) is 1.93. The molecule has 0 aliphatic rings. The maximum atomic E-state index is 12.0. The summed E-state index contributed by atoms with van der Waals surface area (Å²) in [6.45, 7) is 0.320. The zero-order valence-corrected chi connectivity index (χ0v) is 11.0. The number of fused-ring (bicyclic) bond motifs is 1. The lowest BCUT2D eigenvalue weighted by Crippen LogP contribution is -2.34. The third-order valence-electron chi connectivity index (χ3n) is 2.83. The van der Waals surface area contributed by atoms with Crippen molar-refractivity contribution >= 4 is 16.8 Å². The van der Waals surface area contributed by atoms with E-state index in [1.54, 1.807) is 11.7 Å². The predicted molar refractivity (Wildman–Crippen MR) is 70.9 cm³/mol. The van der Waals surface area contributed by atoms with E-state index in [2.05, 4.69) is 10.4 Å². The fourth-order valence-corrected chi connectivity index (χ4v) is 1.93. The molecular formula is C13H17N3O3. The molecule has 0 fully saturated rings. The number of aliphatic hydroxyl groups excluding tert-OH is 1. The van der Waals surface area contributed by atoms with E-state index >= 15 is 0 Å². The van der Waals surface area contributed by atoms with Gasteiger partial charge in [0.25, 0.3) is 5.91 Å². The molecule has 2 rings (SSSR count). The molecule has 2 N–H and O–H groups in total. The molecule has 0 bridgehead atoms. The Kier molecular flexibility index (Phi) is 4.13. The van der Waals surface area contributed by atoms with E-state index in [0.29, 0.717) is 5.69 Å². The lowest BCUT2D eigenvalue weighted by atomic mass is 10.2. The van der Waals surface area contributed by atoms with Gasteiger partial charge in [-0.25, -0.2) is 0 Å². The van der Waals surface area contributed by atoms with Crippen LogP contribution in [-0.4, -0.2) is 47.2 Å². The summed E-state index contributed by atoms with van der Waals surface area (Å²) in [7, 11) is 3.29. The van der Waals surface area contributed by atoms with Crippen LogP contribution in [-0.2, 0) is 11.8 Å². The third-order valence-corrected chi connectivity index (χ3v) is 2.83. The summed E-state index contributed by atoms with van der Waals surface area (Å²) in [6.07, 6.45) is -0.719. The average molecular weight is 263 g/mol. The molecule has 1 heterocycles. The number of rotatable bonds is 5. The van der Waals surface area contributed by atoms with E-state index in [4.69, 9.17) is 4.74 Å². The number of amides is 1. The van der Waals surface area contributed by atoms with Crippen LogP contribution >= 0.6 is 0 Å². The molecule has 1 atom stereocenters. The second kappa shape index (κ2) is 5.81. The highest BCUT2D eigenvalue weighted by Crippen LogP contribution is 2.17. The van der Waals surface area contributed by atoms with Gasteiger partial charge in [-0.15, -0.1) is 0 Å². The second-order valence-corrected chi connectivity index (χ2v) is 4.31. The van der Waals surface area contributed by atoms with Crippen molar-refractivity contribution in [2.45, 2.75) is 6.10 Å². The van der Waals surface area contributed by atoms with Crippen molar-refractivity contribution in [2.75, 3.05) is 20.3 Å². The minimum atomic E-state index is -0.719. The Labute approximate surface area is 111 Å². The van der Waals surface area contributed by atoms with Crippen LogP contribution in [0.4, 0.5) is 0 Å². The molecule has 2 aromatic rings. The van der Waals surface area contributed by atoms with Gasteiger partial charge in [0.15, 0.2) is 5.69 Å². The third kappa shape index (κ3) is 2.91. The molecule has 1 aromatic carbocycles. The Bertz CT molecular complexity index is 580. The molecule has 0 radical (unpaired) electrons. The summed E-state index contributed by atoms with van der Waals surface area (Å²) < 4.78 is 6.46. The number of hydrogen-bond acceptors (Lipinski definition) is 4. The van der Waals surface area contributed by atoms with Gasteiger partial charge in [0, 0.05) is 26.1 Å². The number of aryl methyl sites for hydroxylation is 1. The standard InChI is InChI=1S/C13H17N3O3/c1-16-11-6-4-3-5-10(11)12(15-16)13(18)14-7-9(17)8-19-2/h3-6,9,17H,7-8H2,1-2H3,(H,14,18). The maximum absolute atomic E-state index is 12.0. The zero-order chi connectivity index (χ0) is 13.8. The number of carbonyl (C=O) groups excluding carboxylic acids is 1. The van der Waals surface area contributed by atoms with Crippen molar-refractivity contribution in [3.63, 3.8) is 0 Å². The van der Waals surface area contributed by atoms with Crippen molar-refractivity contribution in [3.05, 3.63) is 30.0 Å². The minimum Gasteiger partial charge on any atom is -0.389 e. The number of carbonyl (C=O) groups is 1. The van der Waals surface area contributed by atoms with Crippen LogP contribution in [0.2, 0.25) is 0 Å². The summed E-state index contributed by atoms with van der Waals surface area (Å²) in [4.78, 5) is 12.0. The normalized spacial score (nSPS) is 12.6. The Morgan fingerprint density at radius 2 is 2.26 bits per heavy atom. The smallest absolute Gasteiger partial charge is 0.272 e. The molecule has 0 spiro atoms. The van der Waals surface area contributed by atoms with E-state index in [1.165, 1.54) is 7.11 Å². The number of hydrogen-bond donors (Lipinski definition) is 2. The highest BCUT2D eigenvalue weighted by molar-refractivity contribution is 6.04. The largest absolute Gasteiger partial charge is 0.389 e. The number of aromatic nitrogens is 2. The molecule has 6 nitrogen and oxygen atoms in total. The van der Waals surface area contributed by atoms with Gasteiger partial charge in [-0.3, -0.25) is 9.48 Å². The summed E-state index contributed by atoms with van der Waals surface area (Å²) >= 11 is 0. The van der Waals surface area contributed by atoms with Crippen molar-refractivity contribution in [3.8, 4) is 0 Å². The van der Waals surface area contributed by atoms with Crippen LogP contribution in [0.25, 0.3) is 10.9 Å². The van der Waals surface area contributed by atoms with Crippen LogP contribution < -0.4 is 5.32 Å². The first kappa shape index (κ1) is 13.5. The number of para-hydroxylation sites is 1. The lowest BCUT2D eigenvalue weighted by Gasteiger charge is -2.09. The van der Waals surface area contributed by atoms with Crippen molar-refractivity contribution in [1.29, 1.82) is 0 Å².